The molecule has 2 aliphatic rings. The van der Waals surface area contributed by atoms with E-state index in [0.717, 1.165) is 24.1 Å². The molecule has 0 bridgehead atoms. The molecule has 3 heterocycles. The lowest BCUT2D eigenvalue weighted by Gasteiger charge is -2.37. The fraction of sp³-hybridized carbons (Fsp3) is 0.320. The zero-order valence-corrected chi connectivity index (χ0v) is 19.9. The average Bonchev–Trinajstić information content (AvgIpc) is 3.53. The lowest BCUT2D eigenvalue weighted by Crippen LogP contribution is -2.46. The molecule has 0 unspecified atom stereocenters. The number of carbonyl (C=O) groups excluding carboxylic acids is 1. The van der Waals surface area contributed by atoms with Crippen LogP contribution in [0.15, 0.2) is 70.0 Å². The van der Waals surface area contributed by atoms with Gasteiger partial charge in [0.2, 0.25) is 10.0 Å². The van der Waals surface area contributed by atoms with Gasteiger partial charge in [0.1, 0.15) is 11.5 Å². The van der Waals surface area contributed by atoms with E-state index in [9.17, 15) is 13.2 Å². The van der Waals surface area contributed by atoms with Crippen LogP contribution >= 0.6 is 0 Å². The van der Waals surface area contributed by atoms with Crippen LogP contribution in [0.5, 0.6) is 0 Å². The van der Waals surface area contributed by atoms with Crippen molar-refractivity contribution in [3.63, 3.8) is 0 Å². The van der Waals surface area contributed by atoms with Crippen LogP contribution in [0.1, 0.15) is 35.1 Å². The summed E-state index contributed by atoms with van der Waals surface area (Å²) in [6.07, 6.45) is 1.43. The Morgan fingerprint density at radius 1 is 1.06 bits per heavy atom. The van der Waals surface area contributed by atoms with Crippen molar-refractivity contribution >= 4 is 21.6 Å². The second-order valence-corrected chi connectivity index (χ2v) is 10.9. The molecule has 0 spiro atoms. The molecule has 3 aromatic rings. The van der Waals surface area contributed by atoms with Gasteiger partial charge in [-0.15, -0.1) is 0 Å². The smallest absolute Gasteiger partial charge is 0.258 e. The Kier molecular flexibility index (Phi) is 5.93. The van der Waals surface area contributed by atoms with Crippen molar-refractivity contribution in [2.45, 2.75) is 30.0 Å². The van der Waals surface area contributed by atoms with E-state index < -0.39 is 16.2 Å². The van der Waals surface area contributed by atoms with Gasteiger partial charge in [-0.25, -0.2) is 12.7 Å². The molecule has 0 aliphatic carbocycles. The number of benzene rings is 2. The van der Waals surface area contributed by atoms with Gasteiger partial charge in [-0.3, -0.25) is 4.79 Å². The number of furan rings is 1. The third kappa shape index (κ3) is 4.11. The molecule has 5 rings (SSSR count). The summed E-state index contributed by atoms with van der Waals surface area (Å²) in [6.45, 7) is 1.18. The van der Waals surface area contributed by atoms with Gasteiger partial charge in [0.05, 0.1) is 16.6 Å². The fourth-order valence-corrected chi connectivity index (χ4v) is 5.27. The number of fused-ring (bicyclic) bond motifs is 1. The monoisotopic (exact) mass is 481 g/mol. The van der Waals surface area contributed by atoms with Crippen LogP contribution in [0.25, 0.3) is 11.3 Å². The van der Waals surface area contributed by atoms with E-state index in [0.29, 0.717) is 30.2 Å². The number of hydrogen-bond acceptors (Lipinski definition) is 6. The molecule has 0 saturated carbocycles. The second kappa shape index (κ2) is 8.90. The summed E-state index contributed by atoms with van der Waals surface area (Å²) in [7, 11) is -0.502. The molecule has 1 amide bonds. The van der Waals surface area contributed by atoms with Crippen molar-refractivity contribution in [2.75, 3.05) is 32.6 Å². The predicted octanol–water partition coefficient (Wildman–Crippen LogP) is 3.94. The highest BCUT2D eigenvalue weighted by molar-refractivity contribution is 7.89. The first-order chi connectivity index (χ1) is 16.3. The molecule has 2 atom stereocenters. The van der Waals surface area contributed by atoms with Crippen LogP contribution in [0, 0.1) is 0 Å². The van der Waals surface area contributed by atoms with Crippen molar-refractivity contribution in [2.24, 2.45) is 0 Å². The first kappa shape index (κ1) is 22.6. The van der Waals surface area contributed by atoms with E-state index in [1.807, 2.05) is 36.4 Å². The largest absolute Gasteiger partial charge is 0.457 e. The topological polar surface area (TPSA) is 92.1 Å². The average molecular weight is 482 g/mol. The minimum absolute atomic E-state index is 0.000801. The summed E-state index contributed by atoms with van der Waals surface area (Å²) in [5.74, 6) is 1.13. The fourth-order valence-electron chi connectivity index (χ4n) is 4.37. The molecule has 34 heavy (non-hydrogen) atoms. The second-order valence-electron chi connectivity index (χ2n) is 8.70. The Morgan fingerprint density at radius 2 is 1.82 bits per heavy atom. The Labute approximate surface area is 199 Å². The van der Waals surface area contributed by atoms with Crippen LogP contribution < -0.4 is 5.32 Å². The third-order valence-corrected chi connectivity index (χ3v) is 8.09. The number of anilines is 1. The molecule has 0 radical (unpaired) electrons. The van der Waals surface area contributed by atoms with Gasteiger partial charge < -0.3 is 19.4 Å². The number of nitrogens with one attached hydrogen (secondary N) is 1. The molecule has 9 heteroatoms. The molecular formula is C25H27N3O5S. The van der Waals surface area contributed by atoms with Crippen molar-refractivity contribution in [1.29, 1.82) is 0 Å². The number of nitrogens with zero attached hydrogens (tertiary/aromatic N) is 2. The van der Waals surface area contributed by atoms with E-state index in [1.54, 1.807) is 29.2 Å². The van der Waals surface area contributed by atoms with Gasteiger partial charge in [0.15, 0.2) is 6.17 Å². The number of sulfonamides is 1. The van der Waals surface area contributed by atoms with Crippen LogP contribution in [0.3, 0.4) is 0 Å². The van der Waals surface area contributed by atoms with Gasteiger partial charge in [0.25, 0.3) is 5.91 Å². The van der Waals surface area contributed by atoms with Crippen molar-refractivity contribution in [1.82, 2.24) is 9.21 Å². The Bertz CT molecular complexity index is 1290. The minimum atomic E-state index is -3.50. The van der Waals surface area contributed by atoms with Crippen molar-refractivity contribution in [3.8, 4) is 11.3 Å². The van der Waals surface area contributed by atoms with Crippen LogP contribution in [0.4, 0.5) is 5.69 Å². The molecular weight excluding hydrogens is 454 g/mol. The summed E-state index contributed by atoms with van der Waals surface area (Å²) in [5.41, 5.74) is 2.13. The number of carbonyl (C=O) groups is 1. The summed E-state index contributed by atoms with van der Waals surface area (Å²) in [5, 5.41) is 3.44. The molecule has 178 valence electrons. The molecule has 1 aromatic heterocycles. The lowest BCUT2D eigenvalue weighted by atomic mass is 10.1. The Hall–Kier alpha value is -3.14. The van der Waals surface area contributed by atoms with E-state index in [2.05, 4.69) is 5.32 Å². The SMILES string of the molecule is CN(C)S(=O)(=O)c1ccc(-c2ccc([C@H]3Nc4ccccc4C(=O)N3C[C@H]3CCCO3)o2)cc1. The molecule has 1 saturated heterocycles. The van der Waals surface area contributed by atoms with E-state index in [-0.39, 0.29) is 16.9 Å². The Balaban J connectivity index is 1.45. The van der Waals surface area contributed by atoms with E-state index in [4.69, 9.17) is 9.15 Å². The van der Waals surface area contributed by atoms with Crippen LogP contribution in [-0.4, -0.2) is 56.9 Å². The highest BCUT2D eigenvalue weighted by atomic mass is 32.2. The summed E-state index contributed by atoms with van der Waals surface area (Å²) in [4.78, 5) is 15.4. The molecule has 1 N–H and O–H groups in total. The van der Waals surface area contributed by atoms with Crippen LogP contribution in [0.2, 0.25) is 0 Å². The van der Waals surface area contributed by atoms with Crippen LogP contribution in [-0.2, 0) is 14.8 Å². The van der Waals surface area contributed by atoms with E-state index >= 15 is 0 Å². The number of ether oxygens (including phenoxy) is 1. The summed E-state index contributed by atoms with van der Waals surface area (Å²) >= 11 is 0. The highest BCUT2D eigenvalue weighted by Crippen LogP contribution is 2.36. The van der Waals surface area contributed by atoms with E-state index in [1.165, 1.54) is 18.4 Å². The Morgan fingerprint density at radius 3 is 2.53 bits per heavy atom. The molecule has 1 fully saturated rings. The predicted molar refractivity (Wildman–Crippen MR) is 128 cm³/mol. The van der Waals surface area contributed by atoms with Gasteiger partial charge in [0, 0.05) is 38.5 Å². The van der Waals surface area contributed by atoms with Crippen molar-refractivity contribution in [3.05, 3.63) is 72.0 Å². The lowest BCUT2D eigenvalue weighted by molar-refractivity contribution is 0.0403. The first-order valence-electron chi connectivity index (χ1n) is 11.3. The van der Waals surface area contributed by atoms with Gasteiger partial charge in [-0.1, -0.05) is 12.1 Å². The molecule has 8 nitrogen and oxygen atoms in total. The van der Waals surface area contributed by atoms with Gasteiger partial charge in [-0.2, -0.15) is 0 Å². The zero-order valence-electron chi connectivity index (χ0n) is 19.1. The third-order valence-electron chi connectivity index (χ3n) is 6.26. The maximum Gasteiger partial charge on any atom is 0.258 e. The summed E-state index contributed by atoms with van der Waals surface area (Å²) < 4.78 is 37.9. The normalized spacial score (nSPS) is 20.4. The number of para-hydroxylation sites is 1. The standard InChI is InChI=1S/C25H27N3O5S/c1-27(2)34(30,31)19-11-9-17(10-12-19)22-13-14-23(33-22)24-26-21-8-4-3-7-20(21)25(29)28(24)16-18-6-5-15-32-18/h3-4,7-14,18,24,26H,5-6,15-16H2,1-2H3/t18-,24+/m1/s1. The number of amides is 1. The first-order valence-corrected chi connectivity index (χ1v) is 12.7. The number of hydrogen-bond donors (Lipinski definition) is 1. The zero-order chi connectivity index (χ0) is 23.9. The number of rotatable bonds is 6. The maximum atomic E-state index is 13.4. The highest BCUT2D eigenvalue weighted by Gasteiger charge is 2.36. The minimum Gasteiger partial charge on any atom is -0.457 e. The quantitative estimate of drug-likeness (QED) is 0.573. The summed E-state index contributed by atoms with van der Waals surface area (Å²) in [6, 6.07) is 17.7. The van der Waals surface area contributed by atoms with Gasteiger partial charge in [-0.05, 0) is 61.4 Å². The van der Waals surface area contributed by atoms with Crippen molar-refractivity contribution < 1.29 is 22.4 Å². The van der Waals surface area contributed by atoms with Gasteiger partial charge >= 0.3 is 0 Å². The molecule has 2 aliphatic heterocycles. The maximum absolute atomic E-state index is 13.4. The molecule has 2 aromatic carbocycles.